The van der Waals surface area contributed by atoms with E-state index in [1.807, 2.05) is 6.92 Å². The van der Waals surface area contributed by atoms with Gasteiger partial charge in [0, 0.05) is 5.41 Å². The molecule has 0 aliphatic carbocycles. The maximum atomic E-state index is 13.2. The van der Waals surface area contributed by atoms with Crippen molar-refractivity contribution in [2.24, 2.45) is 11.3 Å². The predicted molar refractivity (Wildman–Crippen MR) is 48.4 cm³/mol. The molecule has 11 heavy (non-hydrogen) atoms. The summed E-state index contributed by atoms with van der Waals surface area (Å²) in [7, 11) is 0. The minimum atomic E-state index is -0.692. The van der Waals surface area contributed by atoms with Gasteiger partial charge >= 0.3 is 0 Å². The van der Waals surface area contributed by atoms with E-state index in [1.54, 1.807) is 6.92 Å². The number of alkyl halides is 1. The van der Waals surface area contributed by atoms with E-state index in [-0.39, 0.29) is 5.41 Å². The van der Waals surface area contributed by atoms with Gasteiger partial charge in [0.1, 0.15) is 6.17 Å². The Morgan fingerprint density at radius 1 is 1.27 bits per heavy atom. The zero-order chi connectivity index (χ0) is 9.07. The molecule has 0 saturated heterocycles. The summed E-state index contributed by atoms with van der Waals surface area (Å²) < 4.78 is 13.2. The zero-order valence-corrected chi connectivity index (χ0v) is 8.45. The van der Waals surface area contributed by atoms with Crippen LogP contribution in [0.3, 0.4) is 0 Å². The largest absolute Gasteiger partial charge is 0.247 e. The predicted octanol–water partition coefficient (Wildman–Crippen LogP) is 3.81. The van der Waals surface area contributed by atoms with Gasteiger partial charge in [0.25, 0.3) is 0 Å². The number of hydrogen-bond donors (Lipinski definition) is 0. The second-order valence-corrected chi connectivity index (χ2v) is 4.03. The third kappa shape index (κ3) is 2.46. The van der Waals surface area contributed by atoms with Crippen molar-refractivity contribution in [1.82, 2.24) is 0 Å². The summed E-state index contributed by atoms with van der Waals surface area (Å²) >= 11 is 0. The summed E-state index contributed by atoms with van der Waals surface area (Å²) in [6.07, 6.45) is 1.37. The first-order chi connectivity index (χ1) is 4.95. The highest BCUT2D eigenvalue weighted by molar-refractivity contribution is 4.82. The average molecular weight is 160 g/mol. The molecule has 0 N–H and O–H groups in total. The second kappa shape index (κ2) is 4.08. The Kier molecular flexibility index (Phi) is 4.05. The Morgan fingerprint density at radius 3 is 1.82 bits per heavy atom. The van der Waals surface area contributed by atoms with E-state index in [0.717, 1.165) is 12.8 Å². The van der Waals surface area contributed by atoms with Gasteiger partial charge in [-0.3, -0.25) is 0 Å². The molecule has 0 aromatic heterocycles. The fourth-order valence-electron chi connectivity index (χ4n) is 1.49. The van der Waals surface area contributed by atoms with Crippen molar-refractivity contribution in [3.8, 4) is 0 Å². The van der Waals surface area contributed by atoms with Crippen LogP contribution in [0.1, 0.15) is 47.5 Å². The van der Waals surface area contributed by atoms with Gasteiger partial charge in [0.2, 0.25) is 0 Å². The van der Waals surface area contributed by atoms with Gasteiger partial charge in [-0.25, -0.2) is 4.39 Å². The standard InChI is InChI=1S/C10H21F/c1-6-7-10(5,8(2)3)9(4)11/h8-9H,6-7H2,1-5H3. The molecule has 0 radical (unpaired) electrons. The molecule has 0 aliphatic rings. The van der Waals surface area contributed by atoms with Crippen LogP contribution in [0, 0.1) is 11.3 Å². The van der Waals surface area contributed by atoms with Crippen LogP contribution >= 0.6 is 0 Å². The molecule has 0 heterocycles. The third-order valence-corrected chi connectivity index (χ3v) is 3.02. The van der Waals surface area contributed by atoms with E-state index in [1.165, 1.54) is 0 Å². The third-order valence-electron chi connectivity index (χ3n) is 3.02. The van der Waals surface area contributed by atoms with Gasteiger partial charge in [0.15, 0.2) is 0 Å². The Labute approximate surface area is 70.2 Å². The van der Waals surface area contributed by atoms with Gasteiger partial charge in [-0.05, 0) is 19.3 Å². The lowest BCUT2D eigenvalue weighted by Crippen LogP contribution is -2.32. The first-order valence-electron chi connectivity index (χ1n) is 4.59. The van der Waals surface area contributed by atoms with Crippen molar-refractivity contribution < 1.29 is 4.39 Å². The van der Waals surface area contributed by atoms with Crippen molar-refractivity contribution in [1.29, 1.82) is 0 Å². The molecular weight excluding hydrogens is 139 g/mol. The SMILES string of the molecule is CCCC(C)(C(C)C)C(C)F. The van der Waals surface area contributed by atoms with E-state index < -0.39 is 6.17 Å². The molecule has 68 valence electrons. The van der Waals surface area contributed by atoms with Gasteiger partial charge < -0.3 is 0 Å². The molecule has 0 nitrogen and oxygen atoms in total. The molecule has 0 rings (SSSR count). The monoisotopic (exact) mass is 160 g/mol. The van der Waals surface area contributed by atoms with Crippen molar-refractivity contribution in [3.05, 3.63) is 0 Å². The van der Waals surface area contributed by atoms with E-state index in [9.17, 15) is 4.39 Å². The Bertz CT molecular complexity index is 97.4. The molecule has 1 heteroatoms. The Balaban J connectivity index is 4.26. The number of halogens is 1. The van der Waals surface area contributed by atoms with Crippen LogP contribution in [0.2, 0.25) is 0 Å². The molecule has 0 amide bonds. The normalized spacial score (nSPS) is 19.9. The van der Waals surface area contributed by atoms with Crippen LogP contribution in [0.15, 0.2) is 0 Å². The smallest absolute Gasteiger partial charge is 0.103 e. The summed E-state index contributed by atoms with van der Waals surface area (Å²) in [5, 5.41) is 0. The number of hydrogen-bond acceptors (Lipinski definition) is 0. The van der Waals surface area contributed by atoms with Crippen LogP contribution < -0.4 is 0 Å². The van der Waals surface area contributed by atoms with Crippen molar-refractivity contribution in [2.45, 2.75) is 53.6 Å². The van der Waals surface area contributed by atoms with Crippen molar-refractivity contribution >= 4 is 0 Å². The molecule has 0 bridgehead atoms. The van der Waals surface area contributed by atoms with Gasteiger partial charge in [-0.15, -0.1) is 0 Å². The average Bonchev–Trinajstić information content (AvgIpc) is 1.87. The van der Waals surface area contributed by atoms with E-state index >= 15 is 0 Å². The van der Waals surface area contributed by atoms with Crippen molar-refractivity contribution in [3.63, 3.8) is 0 Å². The Morgan fingerprint density at radius 2 is 1.73 bits per heavy atom. The summed E-state index contributed by atoms with van der Waals surface area (Å²) in [5.74, 6) is 0.433. The second-order valence-electron chi connectivity index (χ2n) is 4.03. The van der Waals surface area contributed by atoms with Gasteiger partial charge in [0.05, 0.1) is 0 Å². The maximum absolute atomic E-state index is 13.2. The quantitative estimate of drug-likeness (QED) is 0.586. The molecule has 0 spiro atoms. The minimum absolute atomic E-state index is 0.116. The van der Waals surface area contributed by atoms with Crippen LogP contribution in [0.4, 0.5) is 4.39 Å². The fourth-order valence-corrected chi connectivity index (χ4v) is 1.49. The van der Waals surface area contributed by atoms with E-state index in [2.05, 4.69) is 20.8 Å². The molecule has 0 aromatic carbocycles. The summed E-state index contributed by atoms with van der Waals surface area (Å²) in [5.41, 5.74) is -0.116. The lowest BCUT2D eigenvalue weighted by atomic mass is 9.72. The summed E-state index contributed by atoms with van der Waals surface area (Å²) in [6, 6.07) is 0. The summed E-state index contributed by atoms with van der Waals surface area (Å²) in [6.45, 7) is 10.0. The lowest BCUT2D eigenvalue weighted by molar-refractivity contribution is 0.0742. The van der Waals surface area contributed by atoms with Crippen LogP contribution in [-0.4, -0.2) is 6.17 Å². The molecule has 0 saturated carbocycles. The van der Waals surface area contributed by atoms with Crippen molar-refractivity contribution in [2.75, 3.05) is 0 Å². The minimum Gasteiger partial charge on any atom is -0.247 e. The van der Waals surface area contributed by atoms with Gasteiger partial charge in [-0.2, -0.15) is 0 Å². The first-order valence-corrected chi connectivity index (χ1v) is 4.59. The van der Waals surface area contributed by atoms with Crippen LogP contribution in [-0.2, 0) is 0 Å². The highest BCUT2D eigenvalue weighted by Gasteiger charge is 2.33. The highest BCUT2D eigenvalue weighted by atomic mass is 19.1. The highest BCUT2D eigenvalue weighted by Crippen LogP contribution is 2.37. The first kappa shape index (κ1) is 10.9. The maximum Gasteiger partial charge on any atom is 0.103 e. The Hall–Kier alpha value is -0.0700. The molecule has 2 unspecified atom stereocenters. The van der Waals surface area contributed by atoms with Crippen LogP contribution in [0.5, 0.6) is 0 Å². The molecule has 0 fully saturated rings. The topological polar surface area (TPSA) is 0 Å². The lowest BCUT2D eigenvalue weighted by Gasteiger charge is -2.35. The van der Waals surface area contributed by atoms with Gasteiger partial charge in [-0.1, -0.05) is 34.1 Å². The van der Waals surface area contributed by atoms with E-state index in [0.29, 0.717) is 5.92 Å². The summed E-state index contributed by atoms with van der Waals surface area (Å²) in [4.78, 5) is 0. The zero-order valence-electron chi connectivity index (χ0n) is 8.45. The number of rotatable bonds is 4. The molecule has 0 aliphatic heterocycles. The molecular formula is C10H21F. The molecule has 2 atom stereocenters. The van der Waals surface area contributed by atoms with Crippen LogP contribution in [0.25, 0.3) is 0 Å². The molecule has 0 aromatic rings. The fraction of sp³-hybridized carbons (Fsp3) is 1.00. The van der Waals surface area contributed by atoms with E-state index in [4.69, 9.17) is 0 Å².